The molecule has 22 heavy (non-hydrogen) atoms. The van der Waals surface area contributed by atoms with Gasteiger partial charge in [-0.1, -0.05) is 19.3 Å². The Morgan fingerprint density at radius 2 is 1.32 bits per heavy atom. The van der Waals surface area contributed by atoms with Gasteiger partial charge in [0.15, 0.2) is 0 Å². The summed E-state index contributed by atoms with van der Waals surface area (Å²) in [5.41, 5.74) is -0.0598. The van der Waals surface area contributed by atoms with Gasteiger partial charge in [0.05, 0.1) is 0 Å². The molecule has 0 radical (unpaired) electrons. The van der Waals surface area contributed by atoms with Crippen molar-refractivity contribution < 1.29 is 9.59 Å². The van der Waals surface area contributed by atoms with E-state index in [1.54, 1.807) is 0 Å². The second-order valence-electron chi connectivity index (χ2n) is 8.46. The van der Waals surface area contributed by atoms with Gasteiger partial charge in [0.2, 0.25) is 0 Å². The lowest BCUT2D eigenvalue weighted by molar-refractivity contribution is -0.143. The maximum Gasteiger partial charge on any atom is 0.309 e. The van der Waals surface area contributed by atoms with Gasteiger partial charge in [-0.2, -0.15) is 0 Å². The third kappa shape index (κ3) is 2.77. The van der Waals surface area contributed by atoms with Crippen LogP contribution in [-0.4, -0.2) is 23.4 Å². The molecule has 122 valence electrons. The first-order valence-electron chi connectivity index (χ1n) is 9.25. The molecule has 0 aromatic carbocycles. The van der Waals surface area contributed by atoms with Gasteiger partial charge in [0, 0.05) is 11.6 Å². The summed E-state index contributed by atoms with van der Waals surface area (Å²) in [5.74, 6) is 1.57. The van der Waals surface area contributed by atoms with Crippen LogP contribution in [0.4, 0.5) is 0 Å². The predicted octanol–water partition coefficient (Wildman–Crippen LogP) is 2.52. The number of hydrogen-bond acceptors (Lipinski definition) is 2. The van der Waals surface area contributed by atoms with Gasteiger partial charge < -0.3 is 10.6 Å². The summed E-state index contributed by atoms with van der Waals surface area (Å²) in [7, 11) is 0. The second-order valence-corrected chi connectivity index (χ2v) is 8.46. The van der Waals surface area contributed by atoms with Crippen LogP contribution in [0.25, 0.3) is 0 Å². The Bertz CT molecular complexity index is 432. The zero-order valence-electron chi connectivity index (χ0n) is 13.4. The van der Waals surface area contributed by atoms with E-state index < -0.39 is 5.91 Å². The fourth-order valence-electron chi connectivity index (χ4n) is 6.06. The summed E-state index contributed by atoms with van der Waals surface area (Å²) in [6, 6.07) is 0.211. The molecular weight excluding hydrogens is 276 g/mol. The van der Waals surface area contributed by atoms with Crippen LogP contribution in [0.2, 0.25) is 0 Å². The standard InChI is InChI=1S/C18H28N2O2/c21-16(19-15-4-2-1-3-5-15)17(22)20-18-9-12-6-13(10-18)8-14(7-12)11-18/h12-15H,1-11H2,(H,19,21)(H,20,22). The molecule has 0 saturated heterocycles. The number of rotatable bonds is 2. The summed E-state index contributed by atoms with van der Waals surface area (Å²) in [4.78, 5) is 24.6. The molecule has 2 amide bonds. The van der Waals surface area contributed by atoms with Gasteiger partial charge >= 0.3 is 11.8 Å². The molecule has 5 saturated carbocycles. The first-order valence-corrected chi connectivity index (χ1v) is 9.25. The lowest BCUT2D eigenvalue weighted by Gasteiger charge is -2.56. The summed E-state index contributed by atoms with van der Waals surface area (Å²) in [6.07, 6.45) is 13.0. The van der Waals surface area contributed by atoms with Gasteiger partial charge in [0.25, 0.3) is 0 Å². The summed E-state index contributed by atoms with van der Waals surface area (Å²) >= 11 is 0. The Labute approximate surface area is 132 Å². The van der Waals surface area contributed by atoms with Crippen LogP contribution < -0.4 is 10.6 Å². The van der Waals surface area contributed by atoms with E-state index in [2.05, 4.69) is 10.6 Å². The van der Waals surface area contributed by atoms with Crippen molar-refractivity contribution in [3.63, 3.8) is 0 Å². The third-order valence-corrected chi connectivity index (χ3v) is 6.56. The number of hydrogen-bond donors (Lipinski definition) is 2. The van der Waals surface area contributed by atoms with Crippen molar-refractivity contribution in [3.05, 3.63) is 0 Å². The van der Waals surface area contributed by atoms with Crippen LogP contribution >= 0.6 is 0 Å². The lowest BCUT2D eigenvalue weighted by atomic mass is 9.53. The van der Waals surface area contributed by atoms with Crippen LogP contribution in [0.3, 0.4) is 0 Å². The highest BCUT2D eigenvalue weighted by Crippen LogP contribution is 2.55. The minimum Gasteiger partial charge on any atom is -0.345 e. The van der Waals surface area contributed by atoms with Crippen molar-refractivity contribution in [2.45, 2.75) is 82.2 Å². The van der Waals surface area contributed by atoms with Crippen molar-refractivity contribution in [1.29, 1.82) is 0 Å². The summed E-state index contributed by atoms with van der Waals surface area (Å²) < 4.78 is 0. The Balaban J connectivity index is 1.36. The first kappa shape index (κ1) is 14.5. The van der Waals surface area contributed by atoms with Crippen LogP contribution in [-0.2, 0) is 9.59 Å². The highest BCUT2D eigenvalue weighted by molar-refractivity contribution is 6.35. The Morgan fingerprint density at radius 3 is 1.86 bits per heavy atom. The molecule has 0 aliphatic heterocycles. The predicted molar refractivity (Wildman–Crippen MR) is 84.1 cm³/mol. The third-order valence-electron chi connectivity index (χ3n) is 6.56. The number of nitrogens with one attached hydrogen (secondary N) is 2. The van der Waals surface area contributed by atoms with Crippen molar-refractivity contribution >= 4 is 11.8 Å². The number of carbonyl (C=O) groups is 2. The highest BCUT2D eigenvalue weighted by Gasteiger charge is 2.51. The number of carbonyl (C=O) groups excluding carboxylic acids is 2. The van der Waals surface area contributed by atoms with Gasteiger partial charge in [-0.15, -0.1) is 0 Å². The van der Waals surface area contributed by atoms with E-state index in [0.717, 1.165) is 49.9 Å². The summed E-state index contributed by atoms with van der Waals surface area (Å²) in [6.45, 7) is 0. The Kier molecular flexibility index (Phi) is 3.66. The topological polar surface area (TPSA) is 58.2 Å². The summed E-state index contributed by atoms with van der Waals surface area (Å²) in [5, 5.41) is 6.11. The molecule has 0 unspecified atom stereocenters. The molecule has 0 aromatic heterocycles. The van der Waals surface area contributed by atoms with Gasteiger partial charge in [-0.3, -0.25) is 9.59 Å². The fraction of sp³-hybridized carbons (Fsp3) is 0.889. The van der Waals surface area contributed by atoms with Crippen LogP contribution in [0.5, 0.6) is 0 Å². The molecule has 4 heteroatoms. The SMILES string of the molecule is O=C(NC1CCCCC1)C(=O)NC12CC3CC(CC(C3)C1)C2. The largest absolute Gasteiger partial charge is 0.345 e. The van der Waals surface area contributed by atoms with Crippen LogP contribution in [0.1, 0.15) is 70.6 Å². The average Bonchev–Trinajstić information content (AvgIpc) is 2.46. The molecule has 4 bridgehead atoms. The molecule has 0 spiro atoms. The fourth-order valence-corrected chi connectivity index (χ4v) is 6.06. The van der Waals surface area contributed by atoms with E-state index in [1.807, 2.05) is 0 Å². The van der Waals surface area contributed by atoms with Gasteiger partial charge in [-0.05, 0) is 69.1 Å². The monoisotopic (exact) mass is 304 g/mol. The van der Waals surface area contributed by atoms with E-state index in [0.29, 0.717) is 0 Å². The molecule has 2 N–H and O–H groups in total. The van der Waals surface area contributed by atoms with Crippen LogP contribution in [0, 0.1) is 17.8 Å². The van der Waals surface area contributed by atoms with Crippen molar-refractivity contribution in [2.24, 2.45) is 17.8 Å². The molecule has 0 heterocycles. The minimum atomic E-state index is -0.400. The van der Waals surface area contributed by atoms with E-state index >= 15 is 0 Å². The van der Waals surface area contributed by atoms with Crippen molar-refractivity contribution in [2.75, 3.05) is 0 Å². The zero-order chi connectivity index (χ0) is 15.2. The maximum atomic E-state index is 12.4. The second kappa shape index (κ2) is 5.54. The van der Waals surface area contributed by atoms with E-state index in [9.17, 15) is 9.59 Å². The van der Waals surface area contributed by atoms with E-state index in [4.69, 9.17) is 0 Å². The molecule has 5 aliphatic rings. The lowest BCUT2D eigenvalue weighted by Crippen LogP contribution is -2.62. The molecule has 0 atom stereocenters. The highest BCUT2D eigenvalue weighted by atomic mass is 16.2. The number of amides is 2. The molecule has 5 rings (SSSR count). The zero-order valence-corrected chi connectivity index (χ0v) is 13.4. The molecule has 5 fully saturated rings. The molecule has 4 nitrogen and oxygen atoms in total. The molecule has 5 aliphatic carbocycles. The average molecular weight is 304 g/mol. The van der Waals surface area contributed by atoms with Gasteiger partial charge in [-0.25, -0.2) is 0 Å². The Morgan fingerprint density at radius 1 is 0.773 bits per heavy atom. The van der Waals surface area contributed by atoms with Gasteiger partial charge in [0.1, 0.15) is 0 Å². The van der Waals surface area contributed by atoms with Crippen molar-refractivity contribution in [3.8, 4) is 0 Å². The van der Waals surface area contributed by atoms with E-state index in [-0.39, 0.29) is 17.5 Å². The first-order chi connectivity index (χ1) is 10.6. The smallest absolute Gasteiger partial charge is 0.309 e. The molecule has 0 aromatic rings. The van der Waals surface area contributed by atoms with Crippen molar-refractivity contribution in [1.82, 2.24) is 10.6 Å². The maximum absolute atomic E-state index is 12.4. The quantitative estimate of drug-likeness (QED) is 0.770. The minimum absolute atomic E-state index is 0.0598. The normalized spacial score (nSPS) is 40.5. The Hall–Kier alpha value is -1.06. The molecular formula is C18H28N2O2. The van der Waals surface area contributed by atoms with Crippen LogP contribution in [0.15, 0.2) is 0 Å². The van der Waals surface area contributed by atoms with E-state index in [1.165, 1.54) is 38.5 Å².